The molecular formula is C14H16BrN3O. The van der Waals surface area contributed by atoms with Crippen LogP contribution in [0.15, 0.2) is 30.5 Å². The minimum Gasteiger partial charge on any atom is -0.322 e. The smallest absolute Gasteiger partial charge is 0.259 e. The monoisotopic (exact) mass is 321 g/mol. The van der Waals surface area contributed by atoms with E-state index in [1.54, 1.807) is 6.20 Å². The van der Waals surface area contributed by atoms with Crippen LogP contribution in [0.3, 0.4) is 0 Å². The van der Waals surface area contributed by atoms with Crippen molar-refractivity contribution < 1.29 is 4.79 Å². The van der Waals surface area contributed by atoms with Crippen LogP contribution in [0.5, 0.6) is 0 Å². The number of carbonyl (C=O) groups excluding carboxylic acids is 1. The first-order chi connectivity index (χ1) is 9.20. The van der Waals surface area contributed by atoms with Gasteiger partial charge in [0.1, 0.15) is 0 Å². The van der Waals surface area contributed by atoms with Crippen molar-refractivity contribution in [2.24, 2.45) is 0 Å². The number of aryl methyl sites for hydroxylation is 2. The highest BCUT2D eigenvalue weighted by Gasteiger charge is 2.10. The Kier molecular flexibility index (Phi) is 4.74. The van der Waals surface area contributed by atoms with Gasteiger partial charge in [0.05, 0.1) is 11.8 Å². The number of nitrogens with one attached hydrogen (secondary N) is 2. The Morgan fingerprint density at radius 1 is 1.47 bits per heavy atom. The number of amides is 1. The number of rotatable bonds is 5. The highest BCUT2D eigenvalue weighted by atomic mass is 79.9. The SMILES string of the molecule is Cc1[nH]ncc1C(=O)Nc1cccc(CCCBr)c1. The Morgan fingerprint density at radius 2 is 2.32 bits per heavy atom. The van der Waals surface area contributed by atoms with Crippen molar-refractivity contribution in [2.75, 3.05) is 10.6 Å². The molecule has 100 valence electrons. The first kappa shape index (κ1) is 13.8. The molecule has 1 aromatic heterocycles. The van der Waals surface area contributed by atoms with Crippen molar-refractivity contribution in [2.45, 2.75) is 19.8 Å². The molecule has 0 aliphatic heterocycles. The quantitative estimate of drug-likeness (QED) is 0.830. The number of anilines is 1. The van der Waals surface area contributed by atoms with Crippen LogP contribution in [0.4, 0.5) is 5.69 Å². The normalized spacial score (nSPS) is 10.4. The van der Waals surface area contributed by atoms with Gasteiger partial charge in [-0.05, 0) is 37.5 Å². The molecule has 0 radical (unpaired) electrons. The number of hydrogen-bond acceptors (Lipinski definition) is 2. The summed E-state index contributed by atoms with van der Waals surface area (Å²) in [5, 5.41) is 10.5. The Balaban J connectivity index is 2.07. The maximum absolute atomic E-state index is 12.0. The molecule has 2 rings (SSSR count). The Bertz CT molecular complexity index is 565. The van der Waals surface area contributed by atoms with E-state index in [1.807, 2.05) is 25.1 Å². The molecule has 5 heteroatoms. The maximum Gasteiger partial charge on any atom is 0.259 e. The first-order valence-electron chi connectivity index (χ1n) is 6.17. The predicted molar refractivity (Wildman–Crippen MR) is 79.8 cm³/mol. The van der Waals surface area contributed by atoms with Crippen molar-refractivity contribution in [3.8, 4) is 0 Å². The molecule has 0 atom stereocenters. The highest BCUT2D eigenvalue weighted by molar-refractivity contribution is 9.09. The van der Waals surface area contributed by atoms with Gasteiger partial charge in [-0.2, -0.15) is 5.10 Å². The van der Waals surface area contributed by atoms with Crippen LogP contribution in [-0.2, 0) is 6.42 Å². The summed E-state index contributed by atoms with van der Waals surface area (Å²) in [5.41, 5.74) is 3.39. The molecule has 0 aliphatic rings. The van der Waals surface area contributed by atoms with Gasteiger partial charge in [-0.15, -0.1) is 0 Å². The van der Waals surface area contributed by atoms with Gasteiger partial charge in [-0.1, -0.05) is 28.1 Å². The molecule has 0 aliphatic carbocycles. The molecule has 0 spiro atoms. The van der Waals surface area contributed by atoms with Crippen LogP contribution in [0.25, 0.3) is 0 Å². The number of aromatic nitrogens is 2. The van der Waals surface area contributed by atoms with Crippen molar-refractivity contribution in [1.82, 2.24) is 10.2 Å². The molecule has 0 unspecified atom stereocenters. The Labute approximate surface area is 120 Å². The van der Waals surface area contributed by atoms with Gasteiger partial charge in [-0.3, -0.25) is 9.89 Å². The lowest BCUT2D eigenvalue weighted by Gasteiger charge is -2.06. The third-order valence-electron chi connectivity index (χ3n) is 2.86. The zero-order chi connectivity index (χ0) is 13.7. The molecule has 4 nitrogen and oxygen atoms in total. The zero-order valence-electron chi connectivity index (χ0n) is 10.7. The van der Waals surface area contributed by atoms with Gasteiger partial charge in [0.25, 0.3) is 5.91 Å². The van der Waals surface area contributed by atoms with E-state index in [2.05, 4.69) is 37.5 Å². The van der Waals surface area contributed by atoms with Crippen LogP contribution in [0.2, 0.25) is 0 Å². The number of hydrogen-bond donors (Lipinski definition) is 2. The summed E-state index contributed by atoms with van der Waals surface area (Å²) in [6, 6.07) is 7.93. The lowest BCUT2D eigenvalue weighted by atomic mass is 10.1. The number of carbonyl (C=O) groups is 1. The van der Waals surface area contributed by atoms with Gasteiger partial charge in [0.15, 0.2) is 0 Å². The fourth-order valence-electron chi connectivity index (χ4n) is 1.85. The Hall–Kier alpha value is -1.62. The van der Waals surface area contributed by atoms with Crippen LogP contribution in [0, 0.1) is 6.92 Å². The highest BCUT2D eigenvalue weighted by Crippen LogP contribution is 2.14. The van der Waals surface area contributed by atoms with Crippen LogP contribution < -0.4 is 5.32 Å². The molecule has 0 fully saturated rings. The predicted octanol–water partition coefficient (Wildman–Crippen LogP) is 3.30. The van der Waals surface area contributed by atoms with Crippen LogP contribution >= 0.6 is 15.9 Å². The van der Waals surface area contributed by atoms with E-state index in [1.165, 1.54) is 5.56 Å². The second-order valence-corrected chi connectivity index (χ2v) is 5.15. The average Bonchev–Trinajstić information content (AvgIpc) is 2.83. The van der Waals surface area contributed by atoms with E-state index in [-0.39, 0.29) is 5.91 Å². The number of benzene rings is 1. The molecule has 2 aromatic rings. The maximum atomic E-state index is 12.0. The number of H-pyrrole nitrogens is 1. The summed E-state index contributed by atoms with van der Waals surface area (Å²) < 4.78 is 0. The summed E-state index contributed by atoms with van der Waals surface area (Å²) in [4.78, 5) is 12.0. The lowest BCUT2D eigenvalue weighted by Crippen LogP contribution is -2.12. The molecule has 2 N–H and O–H groups in total. The molecule has 1 aromatic carbocycles. The number of aromatic amines is 1. The second kappa shape index (κ2) is 6.52. The Morgan fingerprint density at radius 3 is 3.00 bits per heavy atom. The van der Waals surface area contributed by atoms with Crippen molar-refractivity contribution in [3.63, 3.8) is 0 Å². The molecular weight excluding hydrogens is 306 g/mol. The fourth-order valence-corrected chi connectivity index (χ4v) is 2.13. The zero-order valence-corrected chi connectivity index (χ0v) is 12.3. The molecule has 0 saturated carbocycles. The number of alkyl halides is 1. The molecule has 1 amide bonds. The van der Waals surface area contributed by atoms with E-state index in [0.29, 0.717) is 5.56 Å². The summed E-state index contributed by atoms with van der Waals surface area (Å²) in [6.07, 6.45) is 3.62. The van der Waals surface area contributed by atoms with Crippen molar-refractivity contribution in [3.05, 3.63) is 47.3 Å². The van der Waals surface area contributed by atoms with E-state index in [0.717, 1.165) is 29.6 Å². The van der Waals surface area contributed by atoms with Crippen LogP contribution in [-0.4, -0.2) is 21.4 Å². The van der Waals surface area contributed by atoms with Gasteiger partial charge in [-0.25, -0.2) is 0 Å². The summed E-state index contributed by atoms with van der Waals surface area (Å²) in [7, 11) is 0. The van der Waals surface area contributed by atoms with E-state index < -0.39 is 0 Å². The summed E-state index contributed by atoms with van der Waals surface area (Å²) >= 11 is 3.42. The minimum atomic E-state index is -0.135. The minimum absolute atomic E-state index is 0.135. The number of halogens is 1. The lowest BCUT2D eigenvalue weighted by molar-refractivity contribution is 0.102. The molecule has 0 saturated heterocycles. The van der Waals surface area contributed by atoms with Crippen LogP contribution in [0.1, 0.15) is 28.0 Å². The van der Waals surface area contributed by atoms with Crippen molar-refractivity contribution in [1.29, 1.82) is 0 Å². The van der Waals surface area contributed by atoms with Gasteiger partial charge < -0.3 is 5.32 Å². The first-order valence-corrected chi connectivity index (χ1v) is 7.29. The third-order valence-corrected chi connectivity index (χ3v) is 3.42. The fraction of sp³-hybridized carbons (Fsp3) is 0.286. The second-order valence-electron chi connectivity index (χ2n) is 4.36. The molecule has 0 bridgehead atoms. The summed E-state index contributed by atoms with van der Waals surface area (Å²) in [5.74, 6) is -0.135. The largest absolute Gasteiger partial charge is 0.322 e. The van der Waals surface area contributed by atoms with E-state index in [4.69, 9.17) is 0 Å². The number of nitrogens with zero attached hydrogens (tertiary/aromatic N) is 1. The average molecular weight is 322 g/mol. The van der Waals surface area contributed by atoms with Crippen molar-refractivity contribution >= 4 is 27.5 Å². The van der Waals surface area contributed by atoms with Gasteiger partial charge >= 0.3 is 0 Å². The standard InChI is InChI=1S/C14H16BrN3O/c1-10-13(9-16-18-10)14(19)17-12-6-2-4-11(8-12)5-3-7-15/h2,4,6,8-9H,3,5,7H2,1H3,(H,16,18)(H,17,19). The molecule has 1 heterocycles. The van der Waals surface area contributed by atoms with Gasteiger partial charge in [0.2, 0.25) is 0 Å². The van der Waals surface area contributed by atoms with E-state index >= 15 is 0 Å². The summed E-state index contributed by atoms with van der Waals surface area (Å²) in [6.45, 7) is 1.83. The third kappa shape index (κ3) is 3.67. The van der Waals surface area contributed by atoms with E-state index in [9.17, 15) is 4.79 Å². The van der Waals surface area contributed by atoms with Gasteiger partial charge in [0, 0.05) is 16.7 Å². The topological polar surface area (TPSA) is 57.8 Å². The molecule has 19 heavy (non-hydrogen) atoms.